The van der Waals surface area contributed by atoms with E-state index < -0.39 is 0 Å². The van der Waals surface area contributed by atoms with E-state index in [4.69, 9.17) is 4.74 Å². The van der Waals surface area contributed by atoms with Crippen LogP contribution in [-0.2, 0) is 12.8 Å². The quantitative estimate of drug-likeness (QED) is 0.601. The molecule has 0 heterocycles. The molecular formula is C23H19FO. The van der Waals surface area contributed by atoms with Gasteiger partial charge in [-0.15, -0.1) is 0 Å². The first kappa shape index (κ1) is 15.6. The zero-order valence-electron chi connectivity index (χ0n) is 14.1. The molecule has 2 heteroatoms. The number of hydrogen-bond acceptors (Lipinski definition) is 1. The molecule has 3 aromatic carbocycles. The van der Waals surface area contributed by atoms with Crippen molar-refractivity contribution >= 4 is 11.6 Å². The van der Waals surface area contributed by atoms with E-state index in [0.29, 0.717) is 0 Å². The van der Waals surface area contributed by atoms with Crippen molar-refractivity contribution in [2.75, 3.05) is 7.11 Å². The lowest BCUT2D eigenvalue weighted by Crippen LogP contribution is -1.93. The second-order valence-electron chi connectivity index (χ2n) is 6.27. The molecular weight excluding hydrogens is 311 g/mol. The summed E-state index contributed by atoms with van der Waals surface area (Å²) in [5.41, 5.74) is 7.29. The average Bonchev–Trinajstić information content (AvgIpc) is 2.81. The van der Waals surface area contributed by atoms with Crippen LogP contribution in [0.2, 0.25) is 0 Å². The fourth-order valence-corrected chi connectivity index (χ4v) is 3.50. The van der Waals surface area contributed by atoms with Gasteiger partial charge in [0.15, 0.2) is 11.6 Å². The number of benzene rings is 3. The molecule has 1 aliphatic carbocycles. The predicted molar refractivity (Wildman–Crippen MR) is 100 cm³/mol. The van der Waals surface area contributed by atoms with E-state index >= 15 is 0 Å². The summed E-state index contributed by atoms with van der Waals surface area (Å²) in [5, 5.41) is 0. The van der Waals surface area contributed by atoms with E-state index in [9.17, 15) is 4.39 Å². The third-order valence-electron chi connectivity index (χ3n) is 4.76. The lowest BCUT2D eigenvalue weighted by Gasteiger charge is -2.12. The van der Waals surface area contributed by atoms with Crippen LogP contribution in [0.15, 0.2) is 66.7 Å². The van der Waals surface area contributed by atoms with E-state index in [1.54, 1.807) is 12.1 Å². The van der Waals surface area contributed by atoms with Crippen LogP contribution >= 0.6 is 0 Å². The lowest BCUT2D eigenvalue weighted by molar-refractivity contribution is 0.386. The maximum Gasteiger partial charge on any atom is 0.165 e. The van der Waals surface area contributed by atoms with Gasteiger partial charge in [-0.1, -0.05) is 54.6 Å². The topological polar surface area (TPSA) is 9.23 Å². The highest BCUT2D eigenvalue weighted by atomic mass is 19.1. The molecule has 3 aromatic rings. The highest BCUT2D eigenvalue weighted by molar-refractivity contribution is 5.94. The van der Waals surface area contributed by atoms with Crippen LogP contribution in [0.3, 0.4) is 0 Å². The smallest absolute Gasteiger partial charge is 0.165 e. The van der Waals surface area contributed by atoms with Crippen molar-refractivity contribution in [3.05, 3.63) is 100 Å². The summed E-state index contributed by atoms with van der Waals surface area (Å²) < 4.78 is 18.9. The standard InChI is InChI=1S/C23H19FO/c1-25-23-15-16(10-13-22(23)24)14-21-19-8-4-2-6-17(19)11-12-18-7-3-5-9-20(18)21/h2-10,13-15H,11-12H2,1H3. The van der Waals surface area contributed by atoms with Crippen LogP contribution in [0.1, 0.15) is 27.8 Å². The summed E-state index contributed by atoms with van der Waals surface area (Å²) in [4.78, 5) is 0. The molecule has 0 atom stereocenters. The Bertz CT molecular complexity index is 906. The van der Waals surface area contributed by atoms with Gasteiger partial charge >= 0.3 is 0 Å². The Hall–Kier alpha value is -2.87. The van der Waals surface area contributed by atoms with Crippen molar-refractivity contribution in [1.29, 1.82) is 0 Å². The molecule has 0 radical (unpaired) electrons. The van der Waals surface area contributed by atoms with Gasteiger partial charge in [0.25, 0.3) is 0 Å². The maximum absolute atomic E-state index is 13.7. The zero-order valence-corrected chi connectivity index (χ0v) is 14.1. The summed E-state index contributed by atoms with van der Waals surface area (Å²) in [7, 11) is 1.49. The second kappa shape index (κ2) is 6.56. The maximum atomic E-state index is 13.7. The van der Waals surface area contributed by atoms with Crippen molar-refractivity contribution in [2.45, 2.75) is 12.8 Å². The molecule has 0 fully saturated rings. The first-order valence-electron chi connectivity index (χ1n) is 8.48. The minimum absolute atomic E-state index is 0.268. The first-order chi connectivity index (χ1) is 12.3. The molecule has 0 saturated carbocycles. The SMILES string of the molecule is COc1cc(C=C2c3ccccc3CCc3ccccc32)ccc1F. The summed E-state index contributed by atoms with van der Waals surface area (Å²) in [6, 6.07) is 22.1. The van der Waals surface area contributed by atoms with Crippen LogP contribution in [0, 0.1) is 5.82 Å². The molecule has 4 rings (SSSR count). The molecule has 0 spiro atoms. The normalized spacial score (nSPS) is 12.8. The van der Waals surface area contributed by atoms with Gasteiger partial charge in [-0.05, 0) is 64.4 Å². The number of ether oxygens (including phenoxy) is 1. The molecule has 0 aromatic heterocycles. The van der Waals surface area contributed by atoms with Crippen molar-refractivity contribution in [3.8, 4) is 5.75 Å². The number of aryl methyl sites for hydroxylation is 2. The monoisotopic (exact) mass is 330 g/mol. The number of halogens is 1. The van der Waals surface area contributed by atoms with Gasteiger partial charge in [0, 0.05) is 0 Å². The summed E-state index contributed by atoms with van der Waals surface area (Å²) in [6.07, 6.45) is 4.18. The van der Waals surface area contributed by atoms with Crippen LogP contribution in [0.25, 0.3) is 11.6 Å². The van der Waals surface area contributed by atoms with Crippen LogP contribution < -0.4 is 4.74 Å². The Morgan fingerprint density at radius 2 is 1.44 bits per heavy atom. The lowest BCUT2D eigenvalue weighted by atomic mass is 9.92. The molecule has 25 heavy (non-hydrogen) atoms. The zero-order chi connectivity index (χ0) is 17.2. The van der Waals surface area contributed by atoms with Gasteiger partial charge in [0.1, 0.15) is 0 Å². The van der Waals surface area contributed by atoms with Crippen LogP contribution in [0.4, 0.5) is 4.39 Å². The Morgan fingerprint density at radius 3 is 2.04 bits per heavy atom. The largest absolute Gasteiger partial charge is 0.494 e. The molecule has 124 valence electrons. The Kier molecular flexibility index (Phi) is 4.10. The molecule has 0 aliphatic heterocycles. The molecule has 1 nitrogen and oxygen atoms in total. The number of rotatable bonds is 2. The molecule has 0 unspecified atom stereocenters. The second-order valence-corrected chi connectivity index (χ2v) is 6.27. The van der Waals surface area contributed by atoms with Crippen molar-refractivity contribution in [3.63, 3.8) is 0 Å². The number of fused-ring (bicyclic) bond motifs is 2. The molecule has 1 aliphatic rings. The molecule has 0 saturated heterocycles. The van der Waals surface area contributed by atoms with E-state index in [0.717, 1.165) is 18.4 Å². The van der Waals surface area contributed by atoms with Crippen molar-refractivity contribution in [1.82, 2.24) is 0 Å². The fraction of sp³-hybridized carbons (Fsp3) is 0.130. The number of hydrogen-bond donors (Lipinski definition) is 0. The molecule has 0 N–H and O–H groups in total. The van der Waals surface area contributed by atoms with Crippen LogP contribution in [-0.4, -0.2) is 7.11 Å². The highest BCUT2D eigenvalue weighted by Gasteiger charge is 2.17. The van der Waals surface area contributed by atoms with Gasteiger partial charge < -0.3 is 4.74 Å². The third-order valence-corrected chi connectivity index (χ3v) is 4.76. The molecule has 0 bridgehead atoms. The van der Waals surface area contributed by atoms with Gasteiger partial charge in [0.2, 0.25) is 0 Å². The van der Waals surface area contributed by atoms with Gasteiger partial charge in [-0.3, -0.25) is 0 Å². The minimum atomic E-state index is -0.341. The Morgan fingerprint density at radius 1 is 0.840 bits per heavy atom. The third kappa shape index (κ3) is 2.96. The fourth-order valence-electron chi connectivity index (χ4n) is 3.50. The van der Waals surface area contributed by atoms with Crippen molar-refractivity contribution in [2.24, 2.45) is 0 Å². The van der Waals surface area contributed by atoms with Crippen molar-refractivity contribution < 1.29 is 9.13 Å². The van der Waals surface area contributed by atoms with Crippen LogP contribution in [0.5, 0.6) is 5.75 Å². The minimum Gasteiger partial charge on any atom is -0.494 e. The van der Waals surface area contributed by atoms with E-state index in [-0.39, 0.29) is 11.6 Å². The van der Waals surface area contributed by atoms with Gasteiger partial charge in [0.05, 0.1) is 7.11 Å². The highest BCUT2D eigenvalue weighted by Crippen LogP contribution is 2.35. The Balaban J connectivity index is 1.93. The summed E-state index contributed by atoms with van der Waals surface area (Å²) in [6.45, 7) is 0. The van der Waals surface area contributed by atoms with Gasteiger partial charge in [-0.25, -0.2) is 4.39 Å². The van der Waals surface area contributed by atoms with E-state index in [2.05, 4.69) is 54.6 Å². The summed E-state index contributed by atoms with van der Waals surface area (Å²) in [5.74, 6) is -0.0733. The first-order valence-corrected chi connectivity index (χ1v) is 8.48. The Labute approximate surface area is 147 Å². The average molecular weight is 330 g/mol. The van der Waals surface area contributed by atoms with Gasteiger partial charge in [-0.2, -0.15) is 0 Å². The van der Waals surface area contributed by atoms with E-state index in [1.807, 2.05) is 0 Å². The van der Waals surface area contributed by atoms with E-state index in [1.165, 1.54) is 41.0 Å². The number of methoxy groups -OCH3 is 1. The summed E-state index contributed by atoms with van der Waals surface area (Å²) >= 11 is 0. The predicted octanol–water partition coefficient (Wildman–Crippen LogP) is 5.52. The molecule has 0 amide bonds.